The predicted octanol–water partition coefficient (Wildman–Crippen LogP) is 5.58. The monoisotopic (exact) mass is 530 g/mol. The minimum atomic E-state index is -6.44. The predicted molar refractivity (Wildman–Crippen MR) is 97.4 cm³/mol. The van der Waals surface area contributed by atoms with Crippen molar-refractivity contribution in [1.29, 1.82) is 0 Å². The molecule has 0 saturated heterocycles. The molecule has 28 heavy (non-hydrogen) atoms. The highest BCUT2D eigenvalue weighted by Gasteiger charge is 2.73. The van der Waals surface area contributed by atoms with Crippen LogP contribution in [0.4, 0.5) is 30.7 Å². The summed E-state index contributed by atoms with van der Waals surface area (Å²) in [6.45, 7) is 5.68. The van der Waals surface area contributed by atoms with E-state index in [0.29, 0.717) is 27.4 Å². The van der Waals surface area contributed by atoms with Crippen molar-refractivity contribution in [3.63, 3.8) is 0 Å². The molecule has 0 fully saturated rings. The molecule has 0 amide bonds. The molecule has 1 aromatic carbocycles. The molecule has 0 aliphatic carbocycles. The lowest BCUT2D eigenvalue weighted by atomic mass is 10.2. The Bertz CT molecular complexity index is 696. The minimum absolute atomic E-state index is 0.128. The molecule has 160 valence electrons. The van der Waals surface area contributed by atoms with Gasteiger partial charge < -0.3 is 9.47 Å². The summed E-state index contributed by atoms with van der Waals surface area (Å²) < 4.78 is 100.0. The molecule has 1 rings (SSSR count). The lowest BCUT2D eigenvalue weighted by Crippen LogP contribution is -2.58. The maximum absolute atomic E-state index is 13.2. The van der Waals surface area contributed by atoms with Crippen LogP contribution in [0.1, 0.15) is 32.8 Å². The van der Waals surface area contributed by atoms with Gasteiger partial charge in [-0.05, 0) is 60.6 Å². The Kier molecular flexibility index (Phi) is 8.21. The second kappa shape index (κ2) is 9.35. The lowest BCUT2D eigenvalue weighted by Gasteiger charge is -2.27. The Morgan fingerprint density at radius 2 is 1.75 bits per heavy atom. The number of nitrogens with zero attached hydrogens (tertiary/aromatic N) is 1. The third-order valence-corrected chi connectivity index (χ3v) is 4.20. The van der Waals surface area contributed by atoms with Crippen LogP contribution in [0.2, 0.25) is 0 Å². The molecule has 0 bridgehead atoms. The van der Waals surface area contributed by atoms with Gasteiger partial charge in [0.1, 0.15) is 0 Å². The van der Waals surface area contributed by atoms with Crippen LogP contribution in [-0.4, -0.2) is 37.1 Å². The van der Waals surface area contributed by atoms with E-state index >= 15 is 0 Å². The van der Waals surface area contributed by atoms with E-state index < -0.39 is 18.1 Å². The Morgan fingerprint density at radius 1 is 1.14 bits per heavy atom. The first-order valence-electron chi connectivity index (χ1n) is 8.02. The summed E-state index contributed by atoms with van der Waals surface area (Å²) in [5.74, 6) is -5.64. The van der Waals surface area contributed by atoms with Crippen LogP contribution < -0.4 is 14.9 Å². The fraction of sp³-hybridized carbons (Fsp3) is 0.562. The number of ether oxygens (including phenoxy) is 2. The molecule has 1 N–H and O–H groups in total. The number of benzene rings is 1. The molecule has 12 heteroatoms. The normalized spacial score (nSPS) is 14.2. The van der Waals surface area contributed by atoms with Crippen LogP contribution in [0.25, 0.3) is 0 Å². The van der Waals surface area contributed by atoms with Gasteiger partial charge in [-0.3, -0.25) is 0 Å². The summed E-state index contributed by atoms with van der Waals surface area (Å²) >= 11 is 1.89. The topological polar surface area (TPSA) is 42.8 Å². The Morgan fingerprint density at radius 3 is 2.25 bits per heavy atom. The molecular weight excluding hydrogens is 512 g/mol. The van der Waals surface area contributed by atoms with Gasteiger partial charge in [-0.25, -0.2) is 5.43 Å². The van der Waals surface area contributed by atoms with Gasteiger partial charge in [-0.2, -0.15) is 35.8 Å². The average Bonchev–Trinajstić information content (AvgIpc) is 2.56. The molecule has 0 heterocycles. The number of halogens is 8. The summed E-state index contributed by atoms with van der Waals surface area (Å²) in [5, 5.41) is 2.84. The highest BCUT2D eigenvalue weighted by Crippen LogP contribution is 2.45. The fourth-order valence-electron chi connectivity index (χ4n) is 1.76. The van der Waals surface area contributed by atoms with Gasteiger partial charge in [0.05, 0.1) is 22.5 Å². The molecule has 0 aromatic heterocycles. The van der Waals surface area contributed by atoms with Crippen molar-refractivity contribution >= 4 is 28.8 Å². The average molecular weight is 530 g/mol. The first kappa shape index (κ1) is 24.6. The summed E-state index contributed by atoms with van der Waals surface area (Å²) in [6.07, 6.45) is -5.20. The Balaban J connectivity index is 3.09. The maximum Gasteiger partial charge on any atom is 0.462 e. The number of hydrogen-bond acceptors (Lipinski definition) is 4. The minimum Gasteiger partial charge on any atom is -0.490 e. The molecule has 0 spiro atoms. The van der Waals surface area contributed by atoms with Crippen LogP contribution >= 0.6 is 22.6 Å². The molecule has 0 unspecified atom stereocenters. The van der Waals surface area contributed by atoms with Gasteiger partial charge in [0.2, 0.25) is 0 Å². The Hall–Kier alpha value is -1.47. The zero-order chi connectivity index (χ0) is 21.8. The van der Waals surface area contributed by atoms with Crippen LogP contribution in [0.15, 0.2) is 17.2 Å². The van der Waals surface area contributed by atoms with Gasteiger partial charge in [0, 0.05) is 0 Å². The largest absolute Gasteiger partial charge is 0.490 e. The van der Waals surface area contributed by atoms with E-state index in [1.165, 1.54) is 12.1 Å². The van der Waals surface area contributed by atoms with E-state index in [4.69, 9.17) is 9.47 Å². The molecule has 1 aromatic rings. The molecule has 0 aliphatic rings. The summed E-state index contributed by atoms with van der Waals surface area (Å²) in [5.41, 5.74) is 0.701. The van der Waals surface area contributed by atoms with E-state index in [1.807, 2.05) is 36.4 Å². The van der Waals surface area contributed by atoms with Crippen molar-refractivity contribution in [2.45, 2.75) is 51.4 Å². The smallest absolute Gasteiger partial charge is 0.462 e. The zero-order valence-electron chi connectivity index (χ0n) is 15.0. The number of rotatable bonds is 9. The van der Waals surface area contributed by atoms with E-state index in [-0.39, 0.29) is 24.0 Å². The SMILES string of the molecule is CCOc1cc(/C=N\NC(F)(F)C(F)(F)C(F)(F)F)cc(I)c1O[C@H](C)CC. The highest BCUT2D eigenvalue weighted by molar-refractivity contribution is 14.1. The maximum atomic E-state index is 13.2. The summed E-state index contributed by atoms with van der Waals surface area (Å²) in [7, 11) is 0. The second-order valence-electron chi connectivity index (χ2n) is 5.62. The van der Waals surface area contributed by atoms with Crippen molar-refractivity contribution < 1.29 is 40.2 Å². The van der Waals surface area contributed by atoms with E-state index in [1.54, 1.807) is 6.92 Å². The highest BCUT2D eigenvalue weighted by atomic mass is 127. The van der Waals surface area contributed by atoms with Gasteiger partial charge in [-0.15, -0.1) is 0 Å². The number of hydrazone groups is 1. The molecular formula is C16H18F7IN2O2. The fourth-order valence-corrected chi connectivity index (χ4v) is 2.51. The first-order chi connectivity index (χ1) is 12.8. The van der Waals surface area contributed by atoms with Crippen molar-refractivity contribution in [3.8, 4) is 11.5 Å². The molecule has 0 saturated carbocycles. The molecule has 4 nitrogen and oxygen atoms in total. The molecule has 0 aliphatic heterocycles. The van der Waals surface area contributed by atoms with Crippen LogP contribution in [0.5, 0.6) is 11.5 Å². The standard InChI is InChI=1S/C16H18F7IN2O2/c1-4-9(3)28-13-11(24)6-10(7-12(13)27-5-2)8-25-26-16(22,23)14(17,18)15(19,20)21/h6-9,26H,4-5H2,1-3H3/b25-8-/t9-/m1/s1. The van der Waals surface area contributed by atoms with Gasteiger partial charge in [0.25, 0.3) is 0 Å². The number of nitrogens with one attached hydrogen (secondary N) is 1. The third kappa shape index (κ3) is 5.77. The van der Waals surface area contributed by atoms with Crippen LogP contribution in [0.3, 0.4) is 0 Å². The Labute approximate surface area is 170 Å². The number of hydrogen-bond donors (Lipinski definition) is 1. The lowest BCUT2D eigenvalue weighted by molar-refractivity contribution is -0.361. The van der Waals surface area contributed by atoms with Crippen molar-refractivity contribution in [2.75, 3.05) is 6.61 Å². The first-order valence-corrected chi connectivity index (χ1v) is 9.10. The zero-order valence-corrected chi connectivity index (χ0v) is 17.2. The van der Waals surface area contributed by atoms with Crippen molar-refractivity contribution in [2.24, 2.45) is 5.10 Å². The molecule has 1 atom stereocenters. The van der Waals surface area contributed by atoms with Gasteiger partial charge >= 0.3 is 18.1 Å². The third-order valence-electron chi connectivity index (χ3n) is 3.39. The molecule has 0 radical (unpaired) electrons. The summed E-state index contributed by atoms with van der Waals surface area (Å²) in [6, 6.07) is -2.86. The van der Waals surface area contributed by atoms with Crippen LogP contribution in [-0.2, 0) is 0 Å². The summed E-state index contributed by atoms with van der Waals surface area (Å²) in [4.78, 5) is 0. The second-order valence-corrected chi connectivity index (χ2v) is 6.78. The van der Waals surface area contributed by atoms with Crippen molar-refractivity contribution in [1.82, 2.24) is 5.43 Å². The quantitative estimate of drug-likeness (QED) is 0.149. The van der Waals surface area contributed by atoms with Gasteiger partial charge in [-0.1, -0.05) is 6.92 Å². The van der Waals surface area contributed by atoms with Crippen LogP contribution in [0, 0.1) is 3.57 Å². The van der Waals surface area contributed by atoms with E-state index in [0.717, 1.165) is 0 Å². The van der Waals surface area contributed by atoms with Gasteiger partial charge in [0.15, 0.2) is 11.5 Å². The number of alkyl halides is 7. The van der Waals surface area contributed by atoms with E-state index in [2.05, 4.69) is 5.10 Å². The van der Waals surface area contributed by atoms with E-state index in [9.17, 15) is 30.7 Å². The van der Waals surface area contributed by atoms with Crippen molar-refractivity contribution in [3.05, 3.63) is 21.3 Å².